The summed E-state index contributed by atoms with van der Waals surface area (Å²) < 4.78 is 11.4. The molecule has 3 heteroatoms. The summed E-state index contributed by atoms with van der Waals surface area (Å²) in [5.41, 5.74) is 3.44. The van der Waals surface area contributed by atoms with Crippen molar-refractivity contribution in [1.29, 1.82) is 0 Å². The average molecular weight is 226 g/mol. The summed E-state index contributed by atoms with van der Waals surface area (Å²) in [6.45, 7) is 1.45. The van der Waals surface area contributed by atoms with Crippen LogP contribution in [-0.4, -0.2) is 26.8 Å². The first-order chi connectivity index (χ1) is 8.27. The Kier molecular flexibility index (Phi) is 2.81. The lowest BCUT2D eigenvalue weighted by Gasteiger charge is -2.30. The van der Waals surface area contributed by atoms with E-state index in [1.165, 1.54) is 11.1 Å². The largest absolute Gasteiger partial charge is 0.347 e. The molecule has 2 nitrogen and oxygen atoms in total. The third-order valence-corrected chi connectivity index (χ3v) is 3.53. The molecule has 1 fully saturated rings. The van der Waals surface area contributed by atoms with Gasteiger partial charge in [-0.3, -0.25) is 0 Å². The molecular weight excluding hydrogens is 211 g/mol. The van der Waals surface area contributed by atoms with Crippen LogP contribution >= 0.6 is 0 Å². The van der Waals surface area contributed by atoms with Crippen LogP contribution in [0.2, 0.25) is 0 Å². The lowest BCUT2D eigenvalue weighted by Crippen LogP contribution is -2.31. The van der Waals surface area contributed by atoms with Crippen LogP contribution in [0.4, 0.5) is 0 Å². The molecule has 0 atom stereocenters. The Bertz CT molecular complexity index is 430. The van der Waals surface area contributed by atoms with Gasteiger partial charge in [0.2, 0.25) is 0 Å². The smallest absolute Gasteiger partial charge is 0.172 e. The second-order valence-electron chi connectivity index (χ2n) is 4.66. The fraction of sp³-hybridized carbons (Fsp3) is 0.429. The van der Waals surface area contributed by atoms with E-state index in [2.05, 4.69) is 18.2 Å². The van der Waals surface area contributed by atoms with Crippen LogP contribution in [0.25, 0.3) is 5.57 Å². The van der Waals surface area contributed by atoms with Gasteiger partial charge in [0.1, 0.15) is 7.85 Å². The SMILES string of the molecule is [B]c1ccc(C2=CCC3(CC2)OCCO3)cc1. The maximum Gasteiger partial charge on any atom is 0.172 e. The van der Waals surface area contributed by atoms with Crippen molar-refractivity contribution in [2.75, 3.05) is 13.2 Å². The summed E-state index contributed by atoms with van der Waals surface area (Å²) in [6, 6.07) is 8.05. The van der Waals surface area contributed by atoms with Crippen LogP contribution in [0, 0.1) is 0 Å². The van der Waals surface area contributed by atoms with Gasteiger partial charge in [0.25, 0.3) is 0 Å². The lowest BCUT2D eigenvalue weighted by atomic mass is 9.88. The molecule has 0 saturated carbocycles. The van der Waals surface area contributed by atoms with E-state index in [1.807, 2.05) is 12.1 Å². The molecule has 2 aliphatic rings. The molecule has 0 amide bonds. The van der Waals surface area contributed by atoms with E-state index in [9.17, 15) is 0 Å². The molecular formula is C14H15BO2. The van der Waals surface area contributed by atoms with E-state index in [-0.39, 0.29) is 5.79 Å². The predicted molar refractivity (Wildman–Crippen MR) is 68.3 cm³/mol. The highest BCUT2D eigenvalue weighted by atomic mass is 16.7. The first kappa shape index (κ1) is 11.1. The summed E-state index contributed by atoms with van der Waals surface area (Å²) in [4.78, 5) is 0. The second kappa shape index (κ2) is 4.32. The number of hydrogen-bond acceptors (Lipinski definition) is 2. The molecule has 0 bridgehead atoms. The normalized spacial score (nSPS) is 22.7. The first-order valence-electron chi connectivity index (χ1n) is 6.10. The van der Waals surface area contributed by atoms with E-state index >= 15 is 0 Å². The molecule has 0 N–H and O–H groups in total. The van der Waals surface area contributed by atoms with Crippen molar-refractivity contribution in [2.45, 2.75) is 25.0 Å². The molecule has 1 aromatic carbocycles. The second-order valence-corrected chi connectivity index (χ2v) is 4.66. The molecule has 0 unspecified atom stereocenters. The number of ether oxygens (including phenoxy) is 2. The minimum Gasteiger partial charge on any atom is -0.347 e. The van der Waals surface area contributed by atoms with Gasteiger partial charge >= 0.3 is 0 Å². The van der Waals surface area contributed by atoms with E-state index in [0.717, 1.165) is 37.9 Å². The van der Waals surface area contributed by atoms with Gasteiger partial charge in [0.05, 0.1) is 13.2 Å². The Balaban J connectivity index is 1.78. The van der Waals surface area contributed by atoms with Gasteiger partial charge in [-0.15, -0.1) is 0 Å². The molecule has 1 aliphatic heterocycles. The van der Waals surface area contributed by atoms with Crippen molar-refractivity contribution in [1.82, 2.24) is 0 Å². The molecule has 3 rings (SSSR count). The van der Waals surface area contributed by atoms with Gasteiger partial charge in [0.15, 0.2) is 5.79 Å². The third-order valence-electron chi connectivity index (χ3n) is 3.53. The lowest BCUT2D eigenvalue weighted by molar-refractivity contribution is -0.159. The summed E-state index contributed by atoms with van der Waals surface area (Å²) in [5, 5.41) is 0. The van der Waals surface area contributed by atoms with E-state index in [4.69, 9.17) is 17.3 Å². The quantitative estimate of drug-likeness (QED) is 0.679. The summed E-state index contributed by atoms with van der Waals surface area (Å²) in [7, 11) is 5.69. The zero-order chi connectivity index (χ0) is 11.7. The highest BCUT2D eigenvalue weighted by Gasteiger charge is 2.37. The van der Waals surface area contributed by atoms with Crippen molar-refractivity contribution in [2.24, 2.45) is 0 Å². The Labute approximate surface area is 103 Å². The van der Waals surface area contributed by atoms with Crippen LogP contribution in [-0.2, 0) is 9.47 Å². The summed E-state index contributed by atoms with van der Waals surface area (Å²) >= 11 is 0. The highest BCUT2D eigenvalue weighted by molar-refractivity contribution is 6.32. The summed E-state index contributed by atoms with van der Waals surface area (Å²) in [5.74, 6) is -0.322. The van der Waals surface area contributed by atoms with Gasteiger partial charge in [-0.1, -0.05) is 35.8 Å². The molecule has 1 aromatic rings. The average Bonchev–Trinajstić information content (AvgIpc) is 2.80. The third kappa shape index (κ3) is 2.17. The zero-order valence-corrected chi connectivity index (χ0v) is 9.82. The molecule has 1 saturated heterocycles. The Morgan fingerprint density at radius 1 is 1.06 bits per heavy atom. The molecule has 1 aliphatic carbocycles. The van der Waals surface area contributed by atoms with Crippen molar-refractivity contribution in [3.05, 3.63) is 35.9 Å². The Hall–Kier alpha value is -1.06. The monoisotopic (exact) mass is 226 g/mol. The molecule has 17 heavy (non-hydrogen) atoms. The zero-order valence-electron chi connectivity index (χ0n) is 9.82. The molecule has 0 aromatic heterocycles. The van der Waals surface area contributed by atoms with Crippen molar-refractivity contribution in [3.8, 4) is 0 Å². The molecule has 2 radical (unpaired) electrons. The number of allylic oxidation sites excluding steroid dienone is 1. The topological polar surface area (TPSA) is 18.5 Å². The van der Waals surface area contributed by atoms with Crippen molar-refractivity contribution >= 4 is 18.9 Å². The maximum atomic E-state index is 5.70. The molecule has 1 spiro atoms. The standard InChI is InChI=1S/C14H15BO2/c15-13-3-1-11(2-4-13)12-5-7-14(8-6-12)16-9-10-17-14/h1-5H,6-10H2. The van der Waals surface area contributed by atoms with Crippen molar-refractivity contribution in [3.63, 3.8) is 0 Å². The number of rotatable bonds is 1. The minimum atomic E-state index is -0.322. The fourth-order valence-corrected chi connectivity index (χ4v) is 2.53. The predicted octanol–water partition coefficient (Wildman–Crippen LogP) is 1.79. The van der Waals surface area contributed by atoms with E-state index in [0.29, 0.717) is 0 Å². The van der Waals surface area contributed by atoms with Crippen molar-refractivity contribution < 1.29 is 9.47 Å². The highest BCUT2D eigenvalue weighted by Crippen LogP contribution is 2.37. The minimum absolute atomic E-state index is 0.322. The summed E-state index contributed by atoms with van der Waals surface area (Å²) in [6.07, 6.45) is 5.04. The van der Waals surface area contributed by atoms with Crippen LogP contribution in [0.5, 0.6) is 0 Å². The number of hydrogen-bond donors (Lipinski definition) is 0. The number of benzene rings is 1. The Morgan fingerprint density at radius 3 is 2.35 bits per heavy atom. The fourth-order valence-electron chi connectivity index (χ4n) is 2.53. The van der Waals surface area contributed by atoms with Gasteiger partial charge < -0.3 is 9.47 Å². The molecule has 86 valence electrons. The van der Waals surface area contributed by atoms with Crippen LogP contribution in [0.15, 0.2) is 30.3 Å². The van der Waals surface area contributed by atoms with Crippen LogP contribution < -0.4 is 5.46 Å². The maximum absolute atomic E-state index is 5.70. The van der Waals surface area contributed by atoms with Gasteiger partial charge in [-0.25, -0.2) is 0 Å². The van der Waals surface area contributed by atoms with E-state index in [1.54, 1.807) is 0 Å². The van der Waals surface area contributed by atoms with Crippen LogP contribution in [0.1, 0.15) is 24.8 Å². The van der Waals surface area contributed by atoms with Gasteiger partial charge in [-0.2, -0.15) is 0 Å². The van der Waals surface area contributed by atoms with Gasteiger partial charge in [0, 0.05) is 12.8 Å². The first-order valence-corrected chi connectivity index (χ1v) is 6.10. The van der Waals surface area contributed by atoms with Gasteiger partial charge in [-0.05, 0) is 17.6 Å². The van der Waals surface area contributed by atoms with E-state index < -0.39 is 0 Å². The Morgan fingerprint density at radius 2 is 1.76 bits per heavy atom. The van der Waals surface area contributed by atoms with Crippen LogP contribution in [0.3, 0.4) is 0 Å². The molecule has 1 heterocycles.